The summed E-state index contributed by atoms with van der Waals surface area (Å²) >= 11 is 0. The van der Waals surface area contributed by atoms with Crippen molar-refractivity contribution < 1.29 is 4.79 Å². The van der Waals surface area contributed by atoms with Crippen LogP contribution in [0.5, 0.6) is 0 Å². The normalized spacial score (nSPS) is 11.2. The first-order valence-corrected chi connectivity index (χ1v) is 8.42. The lowest BCUT2D eigenvalue weighted by Crippen LogP contribution is -2.36. The van der Waals surface area contributed by atoms with E-state index in [4.69, 9.17) is 0 Å². The molecule has 0 spiro atoms. The number of rotatable bonds is 7. The maximum atomic E-state index is 11.7. The molecule has 0 aliphatic carbocycles. The molecule has 2 rings (SSSR count). The first-order valence-electron chi connectivity index (χ1n) is 8.42. The molecule has 0 atom stereocenters. The Kier molecular flexibility index (Phi) is 7.00. The third kappa shape index (κ3) is 5.95. The molecular weight excluding hydrogens is 316 g/mol. The van der Waals surface area contributed by atoms with Crippen LogP contribution < -0.4 is 16.0 Å². The molecule has 1 amide bonds. The minimum absolute atomic E-state index is 0.0428. The van der Waals surface area contributed by atoms with Gasteiger partial charge in [0.25, 0.3) is 0 Å². The Hall–Kier alpha value is -2.83. The van der Waals surface area contributed by atoms with Gasteiger partial charge in [0.05, 0.1) is 12.2 Å². The van der Waals surface area contributed by atoms with Gasteiger partial charge in [-0.1, -0.05) is 19.1 Å². The Balaban J connectivity index is 1.86. The lowest BCUT2D eigenvalue weighted by molar-refractivity contribution is -0.116. The van der Waals surface area contributed by atoms with Crippen LogP contribution in [-0.4, -0.2) is 28.7 Å². The molecule has 0 saturated heterocycles. The monoisotopic (exact) mass is 342 g/mol. The number of carbonyl (C=O) groups excluding carboxylic acids is 1. The van der Waals surface area contributed by atoms with E-state index in [2.05, 4.69) is 26.0 Å². The first kappa shape index (κ1) is 18.5. The maximum Gasteiger partial charge on any atom is 0.224 e. The van der Waals surface area contributed by atoms with Gasteiger partial charge in [-0.3, -0.25) is 14.5 Å². The lowest BCUT2D eigenvalue weighted by Gasteiger charge is -2.13. The average Bonchev–Trinajstić information content (AvgIpc) is 3.00. The summed E-state index contributed by atoms with van der Waals surface area (Å²) in [6.07, 6.45) is 3.14. The summed E-state index contributed by atoms with van der Waals surface area (Å²) in [6.45, 7) is 3.25. The summed E-state index contributed by atoms with van der Waals surface area (Å²) in [5.74, 6) is 0.753. The van der Waals surface area contributed by atoms with Crippen LogP contribution in [0.1, 0.15) is 31.0 Å². The predicted molar refractivity (Wildman–Crippen MR) is 100 cm³/mol. The van der Waals surface area contributed by atoms with E-state index in [1.165, 1.54) is 0 Å². The third-order valence-electron chi connectivity index (χ3n) is 3.73. The molecule has 0 aliphatic heterocycles. The Morgan fingerprint density at radius 1 is 1.24 bits per heavy atom. The number of nitrogens with zero attached hydrogens (tertiary/aromatic N) is 3. The second-order valence-electron chi connectivity index (χ2n) is 5.72. The van der Waals surface area contributed by atoms with Gasteiger partial charge in [0.15, 0.2) is 5.96 Å². The highest BCUT2D eigenvalue weighted by Gasteiger charge is 2.04. The number of aromatic nitrogens is 2. The summed E-state index contributed by atoms with van der Waals surface area (Å²) in [5, 5.41) is 13.6. The van der Waals surface area contributed by atoms with Gasteiger partial charge in [0, 0.05) is 38.9 Å². The summed E-state index contributed by atoms with van der Waals surface area (Å²) in [7, 11) is 3.64. The molecule has 134 valence electrons. The number of carbonyl (C=O) groups is 1. The number of guanidine groups is 1. The molecule has 0 bridgehead atoms. The molecule has 2 aromatic rings. The van der Waals surface area contributed by atoms with E-state index >= 15 is 0 Å². The van der Waals surface area contributed by atoms with Crippen LogP contribution in [0.25, 0.3) is 0 Å². The van der Waals surface area contributed by atoms with Gasteiger partial charge in [-0.25, -0.2) is 0 Å². The number of aryl methyl sites for hydroxylation is 1. The number of benzene rings is 1. The molecule has 1 aromatic heterocycles. The number of hydrogen-bond acceptors (Lipinski definition) is 3. The molecule has 0 unspecified atom stereocenters. The van der Waals surface area contributed by atoms with Crippen LogP contribution in [0.3, 0.4) is 0 Å². The number of hydrogen-bond donors (Lipinski definition) is 3. The molecule has 0 aliphatic rings. The van der Waals surface area contributed by atoms with Gasteiger partial charge in [-0.2, -0.15) is 5.10 Å². The van der Waals surface area contributed by atoms with Gasteiger partial charge in [0.2, 0.25) is 5.91 Å². The zero-order valence-corrected chi connectivity index (χ0v) is 15.0. The van der Waals surface area contributed by atoms with Crippen LogP contribution >= 0.6 is 0 Å². The van der Waals surface area contributed by atoms with E-state index in [1.54, 1.807) is 13.2 Å². The summed E-state index contributed by atoms with van der Waals surface area (Å²) in [5.41, 5.74) is 2.96. The van der Waals surface area contributed by atoms with Crippen LogP contribution in [0.4, 0.5) is 5.69 Å². The number of aliphatic imine (C=N–C) groups is 1. The molecule has 1 aromatic carbocycles. The highest BCUT2D eigenvalue weighted by molar-refractivity contribution is 5.90. The van der Waals surface area contributed by atoms with Gasteiger partial charge in [-0.05, 0) is 30.2 Å². The minimum atomic E-state index is 0.0428. The molecule has 3 N–H and O–H groups in total. The van der Waals surface area contributed by atoms with Crippen molar-refractivity contribution in [1.29, 1.82) is 0 Å². The third-order valence-corrected chi connectivity index (χ3v) is 3.73. The quantitative estimate of drug-likeness (QED) is 0.531. The van der Waals surface area contributed by atoms with E-state index in [-0.39, 0.29) is 5.91 Å². The Morgan fingerprint density at radius 3 is 2.72 bits per heavy atom. The highest BCUT2D eigenvalue weighted by atomic mass is 16.1. The maximum absolute atomic E-state index is 11.7. The van der Waals surface area contributed by atoms with Crippen LogP contribution in [-0.2, 0) is 24.9 Å². The summed E-state index contributed by atoms with van der Waals surface area (Å²) < 4.78 is 1.82. The molecule has 0 saturated carbocycles. The summed E-state index contributed by atoms with van der Waals surface area (Å²) in [4.78, 5) is 15.9. The standard InChI is InChI=1S/C18H26N6O/c1-4-6-17(25)23-15-8-5-7-14(11-15)12-20-18(19-2)21-13-16-9-10-22-24(16)3/h5,7-11H,4,6,12-13H2,1-3H3,(H,23,25)(H2,19,20,21). The molecular formula is C18H26N6O. The number of amides is 1. The van der Waals surface area contributed by atoms with Crippen molar-refractivity contribution in [2.75, 3.05) is 12.4 Å². The van der Waals surface area contributed by atoms with Crippen molar-refractivity contribution in [3.8, 4) is 0 Å². The fourth-order valence-corrected chi connectivity index (χ4v) is 2.37. The van der Waals surface area contributed by atoms with E-state index in [9.17, 15) is 4.79 Å². The van der Waals surface area contributed by atoms with E-state index < -0.39 is 0 Å². The van der Waals surface area contributed by atoms with Gasteiger partial charge in [0.1, 0.15) is 0 Å². The number of nitrogens with one attached hydrogen (secondary N) is 3. The van der Waals surface area contributed by atoms with Crippen molar-refractivity contribution in [3.05, 3.63) is 47.8 Å². The highest BCUT2D eigenvalue weighted by Crippen LogP contribution is 2.11. The number of anilines is 1. The summed E-state index contributed by atoms with van der Waals surface area (Å²) in [6, 6.07) is 9.77. The topological polar surface area (TPSA) is 83.3 Å². The molecule has 25 heavy (non-hydrogen) atoms. The fourth-order valence-electron chi connectivity index (χ4n) is 2.37. The molecule has 0 fully saturated rings. The van der Waals surface area contributed by atoms with E-state index in [0.29, 0.717) is 25.5 Å². The Morgan fingerprint density at radius 2 is 2.04 bits per heavy atom. The van der Waals surface area contributed by atoms with Crippen molar-refractivity contribution in [2.24, 2.45) is 12.0 Å². The smallest absolute Gasteiger partial charge is 0.224 e. The van der Waals surface area contributed by atoms with E-state index in [1.807, 2.05) is 49.0 Å². The predicted octanol–water partition coefficient (Wildman–Crippen LogP) is 2.02. The zero-order chi connectivity index (χ0) is 18.1. The largest absolute Gasteiger partial charge is 0.352 e. The van der Waals surface area contributed by atoms with Crippen molar-refractivity contribution >= 4 is 17.6 Å². The SMILES string of the molecule is CCCC(=O)Nc1cccc(CNC(=NC)NCc2ccnn2C)c1. The molecule has 7 nitrogen and oxygen atoms in total. The van der Waals surface area contributed by atoms with Crippen molar-refractivity contribution in [1.82, 2.24) is 20.4 Å². The van der Waals surface area contributed by atoms with Gasteiger partial charge >= 0.3 is 0 Å². The molecule has 0 radical (unpaired) electrons. The molecule has 1 heterocycles. The second-order valence-corrected chi connectivity index (χ2v) is 5.72. The minimum Gasteiger partial charge on any atom is -0.352 e. The van der Waals surface area contributed by atoms with Crippen LogP contribution in [0, 0.1) is 0 Å². The zero-order valence-electron chi connectivity index (χ0n) is 15.0. The fraction of sp³-hybridized carbons (Fsp3) is 0.389. The van der Waals surface area contributed by atoms with Crippen LogP contribution in [0.15, 0.2) is 41.5 Å². The van der Waals surface area contributed by atoms with Crippen LogP contribution in [0.2, 0.25) is 0 Å². The van der Waals surface area contributed by atoms with Gasteiger partial charge < -0.3 is 16.0 Å². The second kappa shape index (κ2) is 9.46. The Bertz CT molecular complexity index is 722. The Labute approximate surface area is 148 Å². The average molecular weight is 342 g/mol. The van der Waals surface area contributed by atoms with Crippen molar-refractivity contribution in [3.63, 3.8) is 0 Å². The first-order chi connectivity index (χ1) is 12.1. The van der Waals surface area contributed by atoms with Gasteiger partial charge in [-0.15, -0.1) is 0 Å². The molecule has 7 heteroatoms. The van der Waals surface area contributed by atoms with Crippen molar-refractivity contribution in [2.45, 2.75) is 32.9 Å². The van der Waals surface area contributed by atoms with E-state index in [0.717, 1.165) is 23.4 Å². The lowest BCUT2D eigenvalue weighted by atomic mass is 10.2.